The van der Waals surface area contributed by atoms with Gasteiger partial charge in [0.1, 0.15) is 16.6 Å². The molecule has 1 N–H and O–H groups in total. The van der Waals surface area contributed by atoms with E-state index >= 15 is 0 Å². The van der Waals surface area contributed by atoms with Gasteiger partial charge < -0.3 is 9.84 Å². The number of halogens is 4. The van der Waals surface area contributed by atoms with E-state index in [1.54, 1.807) is 0 Å². The summed E-state index contributed by atoms with van der Waals surface area (Å²) < 4.78 is 43.0. The van der Waals surface area contributed by atoms with Crippen molar-refractivity contribution in [3.05, 3.63) is 23.0 Å². The SMILES string of the molecule is O=C(O)N1Cc2nc(Cl)ccc2O[C@H](C(F)(F)F)C1. The van der Waals surface area contributed by atoms with E-state index in [9.17, 15) is 18.0 Å². The van der Waals surface area contributed by atoms with Gasteiger partial charge in [-0.15, -0.1) is 0 Å². The van der Waals surface area contributed by atoms with Crippen molar-refractivity contribution < 1.29 is 27.8 Å². The van der Waals surface area contributed by atoms with Crippen LogP contribution in [0.3, 0.4) is 0 Å². The highest BCUT2D eigenvalue weighted by molar-refractivity contribution is 6.29. The molecule has 1 aliphatic heterocycles. The lowest BCUT2D eigenvalue weighted by atomic mass is 10.3. The van der Waals surface area contributed by atoms with E-state index < -0.39 is 24.9 Å². The molecular weight excluding hydrogens is 289 g/mol. The summed E-state index contributed by atoms with van der Waals surface area (Å²) in [5.41, 5.74) is 0.0571. The number of hydrogen-bond acceptors (Lipinski definition) is 3. The van der Waals surface area contributed by atoms with Crippen LogP contribution >= 0.6 is 11.6 Å². The Kier molecular flexibility index (Phi) is 3.44. The number of amides is 1. The van der Waals surface area contributed by atoms with Crippen molar-refractivity contribution >= 4 is 17.7 Å². The van der Waals surface area contributed by atoms with E-state index in [1.165, 1.54) is 12.1 Å². The number of hydrogen-bond donors (Lipinski definition) is 1. The van der Waals surface area contributed by atoms with Crippen molar-refractivity contribution in [3.8, 4) is 5.75 Å². The fourth-order valence-corrected chi connectivity index (χ4v) is 1.80. The molecule has 0 saturated heterocycles. The van der Waals surface area contributed by atoms with E-state index in [4.69, 9.17) is 21.4 Å². The predicted molar refractivity (Wildman–Crippen MR) is 58.2 cm³/mol. The first-order chi connectivity index (χ1) is 8.77. The first kappa shape index (κ1) is 13.7. The van der Waals surface area contributed by atoms with E-state index in [-0.39, 0.29) is 23.1 Å². The summed E-state index contributed by atoms with van der Waals surface area (Å²) in [6.07, 6.45) is -8.38. The fraction of sp³-hybridized carbons (Fsp3) is 0.400. The predicted octanol–water partition coefficient (Wildman–Crippen LogP) is 2.54. The van der Waals surface area contributed by atoms with Crippen molar-refractivity contribution in [2.24, 2.45) is 0 Å². The number of rotatable bonds is 0. The minimum Gasteiger partial charge on any atom is -0.477 e. The zero-order chi connectivity index (χ0) is 14.2. The average Bonchev–Trinajstić information content (AvgIpc) is 2.47. The van der Waals surface area contributed by atoms with Crippen LogP contribution in [0, 0.1) is 0 Å². The average molecular weight is 297 g/mol. The summed E-state index contributed by atoms with van der Waals surface area (Å²) in [6, 6.07) is 2.53. The number of carbonyl (C=O) groups is 1. The number of alkyl halides is 3. The molecule has 0 aliphatic carbocycles. The third-order valence-corrected chi connectivity index (χ3v) is 2.74. The van der Waals surface area contributed by atoms with Crippen molar-refractivity contribution in [1.29, 1.82) is 0 Å². The quantitative estimate of drug-likeness (QED) is 0.747. The summed E-state index contributed by atoms with van der Waals surface area (Å²) in [6.45, 7) is -1.12. The molecule has 0 bridgehead atoms. The van der Waals surface area contributed by atoms with Crippen LogP contribution in [0.25, 0.3) is 0 Å². The zero-order valence-electron chi connectivity index (χ0n) is 9.32. The molecule has 2 heterocycles. The van der Waals surface area contributed by atoms with Gasteiger partial charge in [0.15, 0.2) is 0 Å². The molecule has 0 spiro atoms. The highest BCUT2D eigenvalue weighted by Crippen LogP contribution is 2.31. The summed E-state index contributed by atoms with van der Waals surface area (Å²) >= 11 is 5.63. The Labute approximate surface area is 110 Å². The van der Waals surface area contributed by atoms with Crippen LogP contribution in [0.4, 0.5) is 18.0 Å². The van der Waals surface area contributed by atoms with Crippen molar-refractivity contribution in [1.82, 2.24) is 9.88 Å². The van der Waals surface area contributed by atoms with Gasteiger partial charge in [-0.2, -0.15) is 13.2 Å². The van der Waals surface area contributed by atoms with Gasteiger partial charge >= 0.3 is 12.3 Å². The Morgan fingerprint density at radius 2 is 2.21 bits per heavy atom. The van der Waals surface area contributed by atoms with Crippen LogP contribution < -0.4 is 4.74 Å². The summed E-state index contributed by atoms with van der Waals surface area (Å²) in [5.74, 6) is -0.115. The molecule has 5 nitrogen and oxygen atoms in total. The van der Waals surface area contributed by atoms with Crippen LogP contribution in [-0.2, 0) is 6.54 Å². The molecule has 0 unspecified atom stereocenters. The van der Waals surface area contributed by atoms with Crippen molar-refractivity contribution in [2.45, 2.75) is 18.8 Å². The largest absolute Gasteiger partial charge is 0.477 e. The Hall–Kier alpha value is -1.70. The molecule has 0 aromatic carbocycles. The molecule has 0 radical (unpaired) electrons. The smallest absolute Gasteiger partial charge is 0.427 e. The standard InChI is InChI=1S/C10H8ClF3N2O3/c11-8-2-1-6-5(15-8)3-16(9(17)18)4-7(19-6)10(12,13)14/h1-2,7H,3-4H2,(H,17,18)/t7-/m0/s1. The van der Waals surface area contributed by atoms with Crippen LogP contribution in [0.1, 0.15) is 5.69 Å². The van der Waals surface area contributed by atoms with E-state index in [1.807, 2.05) is 0 Å². The maximum atomic E-state index is 12.7. The van der Waals surface area contributed by atoms with Crippen LogP contribution in [0.15, 0.2) is 12.1 Å². The van der Waals surface area contributed by atoms with Gasteiger partial charge in [0.2, 0.25) is 6.10 Å². The van der Waals surface area contributed by atoms with E-state index in [2.05, 4.69) is 4.98 Å². The van der Waals surface area contributed by atoms with Gasteiger partial charge in [0.05, 0.1) is 13.1 Å². The molecule has 1 atom stereocenters. The molecule has 1 amide bonds. The second-order valence-electron chi connectivity index (χ2n) is 3.89. The normalized spacial score (nSPS) is 19.4. The molecule has 1 aliphatic rings. The second-order valence-corrected chi connectivity index (χ2v) is 4.28. The van der Waals surface area contributed by atoms with Crippen molar-refractivity contribution in [2.75, 3.05) is 6.54 Å². The summed E-state index contributed by atoms with van der Waals surface area (Å²) in [4.78, 5) is 15.3. The van der Waals surface area contributed by atoms with Gasteiger partial charge in [-0.1, -0.05) is 11.6 Å². The van der Waals surface area contributed by atoms with Gasteiger partial charge in [-0.05, 0) is 12.1 Å². The first-order valence-electron chi connectivity index (χ1n) is 5.14. The molecule has 0 saturated carbocycles. The summed E-state index contributed by atoms with van der Waals surface area (Å²) in [5, 5.41) is 8.94. The van der Waals surface area contributed by atoms with E-state index in [0.717, 1.165) is 0 Å². The Morgan fingerprint density at radius 1 is 1.53 bits per heavy atom. The van der Waals surface area contributed by atoms with Crippen LogP contribution in [0.2, 0.25) is 5.15 Å². The molecule has 19 heavy (non-hydrogen) atoms. The Morgan fingerprint density at radius 3 is 2.79 bits per heavy atom. The molecule has 1 aromatic rings. The topological polar surface area (TPSA) is 62.7 Å². The van der Waals surface area contributed by atoms with Crippen molar-refractivity contribution in [3.63, 3.8) is 0 Å². The lowest BCUT2D eigenvalue weighted by molar-refractivity contribution is -0.196. The van der Waals surface area contributed by atoms with Crippen LogP contribution in [-0.4, -0.2) is 39.9 Å². The monoisotopic (exact) mass is 296 g/mol. The lowest BCUT2D eigenvalue weighted by Gasteiger charge is -2.23. The number of carboxylic acid groups (broad SMARTS) is 1. The molecule has 2 rings (SSSR count). The maximum absolute atomic E-state index is 12.7. The lowest BCUT2D eigenvalue weighted by Crippen LogP contribution is -2.44. The first-order valence-corrected chi connectivity index (χ1v) is 5.52. The fourth-order valence-electron chi connectivity index (χ4n) is 1.63. The number of pyridine rings is 1. The number of nitrogens with zero attached hydrogens (tertiary/aromatic N) is 2. The number of ether oxygens (including phenoxy) is 1. The van der Waals surface area contributed by atoms with E-state index in [0.29, 0.717) is 4.90 Å². The molecule has 0 fully saturated rings. The maximum Gasteiger partial charge on any atom is 0.427 e. The number of fused-ring (bicyclic) bond motifs is 1. The Bertz CT molecular complexity index is 509. The van der Waals surface area contributed by atoms with Gasteiger partial charge in [-0.25, -0.2) is 9.78 Å². The third kappa shape index (κ3) is 3.01. The summed E-state index contributed by atoms with van der Waals surface area (Å²) in [7, 11) is 0. The molecular formula is C10H8ClF3N2O3. The molecule has 104 valence electrons. The second kappa shape index (κ2) is 4.76. The molecule has 1 aromatic heterocycles. The Balaban J connectivity index is 2.40. The minimum atomic E-state index is -4.67. The van der Waals surface area contributed by atoms with Gasteiger partial charge in [-0.3, -0.25) is 4.90 Å². The zero-order valence-corrected chi connectivity index (χ0v) is 10.1. The molecule has 9 heteroatoms. The third-order valence-electron chi connectivity index (χ3n) is 2.53. The highest BCUT2D eigenvalue weighted by atomic mass is 35.5. The van der Waals surface area contributed by atoms with Crippen LogP contribution in [0.5, 0.6) is 5.75 Å². The van der Waals surface area contributed by atoms with Gasteiger partial charge in [0.25, 0.3) is 0 Å². The highest BCUT2D eigenvalue weighted by Gasteiger charge is 2.45. The number of aromatic nitrogens is 1. The minimum absolute atomic E-state index is 0.0538. The van der Waals surface area contributed by atoms with Gasteiger partial charge in [0, 0.05) is 0 Å².